The number of carbonyl (C=O) groups excluding carboxylic acids is 1. The minimum Gasteiger partial charge on any atom is -0.478 e. The van der Waals surface area contributed by atoms with Crippen LogP contribution in [0.1, 0.15) is 24.2 Å². The fourth-order valence-corrected chi connectivity index (χ4v) is 3.16. The number of methoxy groups -OCH3 is 1. The first-order chi connectivity index (χ1) is 12.1. The summed E-state index contributed by atoms with van der Waals surface area (Å²) in [6.07, 6.45) is 4.56. The Morgan fingerprint density at radius 2 is 2.16 bits per heavy atom. The average Bonchev–Trinajstić information content (AvgIpc) is 3.19. The van der Waals surface area contributed by atoms with E-state index in [0.717, 1.165) is 30.2 Å². The average molecular weight is 344 g/mol. The van der Waals surface area contributed by atoms with E-state index < -0.39 is 0 Å². The maximum Gasteiger partial charge on any atom is 0.257 e. The van der Waals surface area contributed by atoms with Crippen molar-refractivity contribution in [3.63, 3.8) is 0 Å². The number of rotatable bonds is 6. The Balaban J connectivity index is 1.51. The van der Waals surface area contributed by atoms with E-state index in [-0.39, 0.29) is 11.9 Å². The van der Waals surface area contributed by atoms with Crippen LogP contribution in [0.4, 0.5) is 5.82 Å². The molecule has 2 aromatic rings. The summed E-state index contributed by atoms with van der Waals surface area (Å²) in [5.74, 6) is 1.29. The number of ether oxygens (including phenoxy) is 1. The predicted molar refractivity (Wildman–Crippen MR) is 93.7 cm³/mol. The highest BCUT2D eigenvalue weighted by Gasteiger charge is 2.27. The highest BCUT2D eigenvalue weighted by atomic mass is 16.5. The van der Waals surface area contributed by atoms with Gasteiger partial charge in [-0.2, -0.15) is 5.10 Å². The molecule has 25 heavy (non-hydrogen) atoms. The number of aryl methyl sites for hydroxylation is 3. The van der Waals surface area contributed by atoms with E-state index in [0.29, 0.717) is 25.4 Å². The minimum atomic E-state index is 0.0468. The SMILES string of the molecule is COc1nccnc1N1CC[C@@H](NC(=O)CCn2nc(C)cc2C)C1. The molecule has 1 N–H and O–H groups in total. The Morgan fingerprint density at radius 1 is 1.36 bits per heavy atom. The van der Waals surface area contributed by atoms with Crippen LogP contribution in [-0.4, -0.2) is 51.9 Å². The third-order valence-corrected chi connectivity index (χ3v) is 4.35. The largest absolute Gasteiger partial charge is 0.478 e. The summed E-state index contributed by atoms with van der Waals surface area (Å²) in [6, 6.07) is 2.13. The number of amides is 1. The Labute approximate surface area is 147 Å². The van der Waals surface area contributed by atoms with Crippen LogP contribution in [-0.2, 0) is 11.3 Å². The van der Waals surface area contributed by atoms with E-state index in [2.05, 4.69) is 25.3 Å². The summed E-state index contributed by atoms with van der Waals surface area (Å²) in [7, 11) is 1.59. The molecule has 2 aromatic heterocycles. The first kappa shape index (κ1) is 17.2. The molecule has 0 radical (unpaired) electrons. The molecule has 1 amide bonds. The second-order valence-corrected chi connectivity index (χ2v) is 6.29. The van der Waals surface area contributed by atoms with Crippen LogP contribution in [0, 0.1) is 13.8 Å². The van der Waals surface area contributed by atoms with Crippen LogP contribution in [0.3, 0.4) is 0 Å². The van der Waals surface area contributed by atoms with Crippen LogP contribution in [0.25, 0.3) is 0 Å². The highest BCUT2D eigenvalue weighted by molar-refractivity contribution is 5.76. The topological polar surface area (TPSA) is 85.2 Å². The third-order valence-electron chi connectivity index (χ3n) is 4.35. The lowest BCUT2D eigenvalue weighted by Crippen LogP contribution is -2.37. The number of nitrogens with one attached hydrogen (secondary N) is 1. The van der Waals surface area contributed by atoms with Crippen molar-refractivity contribution in [2.24, 2.45) is 0 Å². The van der Waals surface area contributed by atoms with Crippen LogP contribution < -0.4 is 15.0 Å². The van der Waals surface area contributed by atoms with E-state index in [1.165, 1.54) is 0 Å². The normalized spacial score (nSPS) is 16.9. The van der Waals surface area contributed by atoms with E-state index in [9.17, 15) is 4.79 Å². The molecular formula is C17H24N6O2. The first-order valence-electron chi connectivity index (χ1n) is 8.47. The number of anilines is 1. The van der Waals surface area contributed by atoms with Gasteiger partial charge in [0.05, 0.1) is 12.8 Å². The number of aromatic nitrogens is 4. The van der Waals surface area contributed by atoms with Crippen molar-refractivity contribution in [2.75, 3.05) is 25.1 Å². The summed E-state index contributed by atoms with van der Waals surface area (Å²) in [6.45, 7) is 6.08. The molecule has 134 valence electrons. The van der Waals surface area contributed by atoms with Crippen molar-refractivity contribution in [3.05, 3.63) is 29.8 Å². The van der Waals surface area contributed by atoms with Gasteiger partial charge in [0, 0.05) is 50.2 Å². The van der Waals surface area contributed by atoms with Gasteiger partial charge in [-0.1, -0.05) is 0 Å². The molecule has 0 aromatic carbocycles. The van der Waals surface area contributed by atoms with Gasteiger partial charge in [0.15, 0.2) is 5.82 Å². The van der Waals surface area contributed by atoms with Crippen molar-refractivity contribution in [3.8, 4) is 5.88 Å². The molecule has 0 unspecified atom stereocenters. The third kappa shape index (κ3) is 4.07. The van der Waals surface area contributed by atoms with Crippen molar-refractivity contribution >= 4 is 11.7 Å². The zero-order valence-electron chi connectivity index (χ0n) is 14.9. The van der Waals surface area contributed by atoms with Crippen LogP contribution >= 0.6 is 0 Å². The van der Waals surface area contributed by atoms with Crippen molar-refractivity contribution < 1.29 is 9.53 Å². The fourth-order valence-electron chi connectivity index (χ4n) is 3.16. The van der Waals surface area contributed by atoms with Crippen LogP contribution in [0.2, 0.25) is 0 Å². The summed E-state index contributed by atoms with van der Waals surface area (Å²) in [5.41, 5.74) is 2.05. The van der Waals surface area contributed by atoms with Crippen LogP contribution in [0.15, 0.2) is 18.5 Å². The molecule has 8 heteroatoms. The molecule has 0 saturated carbocycles. The summed E-state index contributed by atoms with van der Waals surface area (Å²) < 4.78 is 7.14. The van der Waals surface area contributed by atoms with Crippen molar-refractivity contribution in [1.29, 1.82) is 0 Å². The lowest BCUT2D eigenvalue weighted by atomic mass is 10.2. The maximum atomic E-state index is 12.2. The number of hydrogen-bond donors (Lipinski definition) is 1. The zero-order valence-corrected chi connectivity index (χ0v) is 14.9. The number of carbonyl (C=O) groups is 1. The monoisotopic (exact) mass is 344 g/mol. The molecule has 3 heterocycles. The Bertz CT molecular complexity index is 744. The quantitative estimate of drug-likeness (QED) is 0.844. The molecule has 0 bridgehead atoms. The first-order valence-corrected chi connectivity index (χ1v) is 8.47. The van der Waals surface area contributed by atoms with Gasteiger partial charge in [0.1, 0.15) is 0 Å². The molecule has 1 aliphatic heterocycles. The Hall–Kier alpha value is -2.64. The van der Waals surface area contributed by atoms with Crippen molar-refractivity contribution in [2.45, 2.75) is 39.3 Å². The van der Waals surface area contributed by atoms with E-state index in [1.807, 2.05) is 24.6 Å². The second-order valence-electron chi connectivity index (χ2n) is 6.29. The molecule has 0 spiro atoms. The van der Waals surface area contributed by atoms with E-state index >= 15 is 0 Å². The molecule has 3 rings (SSSR count). The summed E-state index contributed by atoms with van der Waals surface area (Å²) >= 11 is 0. The molecule has 1 saturated heterocycles. The van der Waals surface area contributed by atoms with E-state index in [4.69, 9.17) is 4.74 Å². The van der Waals surface area contributed by atoms with Gasteiger partial charge in [-0.05, 0) is 26.3 Å². The maximum absolute atomic E-state index is 12.2. The smallest absolute Gasteiger partial charge is 0.257 e. The standard InChI is InChI=1S/C17H24N6O2/c1-12-10-13(2)23(21-12)9-5-15(24)20-14-4-8-22(11-14)16-17(25-3)19-7-6-18-16/h6-7,10,14H,4-5,8-9,11H2,1-3H3,(H,20,24)/t14-/m1/s1. The minimum absolute atomic E-state index is 0.0468. The number of hydrogen-bond acceptors (Lipinski definition) is 6. The molecule has 1 fully saturated rings. The molecule has 0 aliphatic carbocycles. The molecule has 1 aliphatic rings. The highest BCUT2D eigenvalue weighted by Crippen LogP contribution is 2.25. The van der Waals surface area contributed by atoms with Gasteiger partial charge < -0.3 is 15.0 Å². The van der Waals surface area contributed by atoms with Gasteiger partial charge in [0.25, 0.3) is 5.88 Å². The van der Waals surface area contributed by atoms with Crippen LogP contribution in [0.5, 0.6) is 5.88 Å². The lowest BCUT2D eigenvalue weighted by Gasteiger charge is -2.19. The van der Waals surface area contributed by atoms with Gasteiger partial charge in [0.2, 0.25) is 5.91 Å². The second kappa shape index (κ2) is 7.50. The van der Waals surface area contributed by atoms with Gasteiger partial charge in [-0.25, -0.2) is 9.97 Å². The zero-order chi connectivity index (χ0) is 17.8. The Morgan fingerprint density at radius 3 is 2.88 bits per heavy atom. The van der Waals surface area contributed by atoms with E-state index in [1.54, 1.807) is 19.5 Å². The predicted octanol–water partition coefficient (Wildman–Crippen LogP) is 1.08. The Kier molecular flexibility index (Phi) is 5.16. The van der Waals surface area contributed by atoms with Crippen molar-refractivity contribution in [1.82, 2.24) is 25.1 Å². The summed E-state index contributed by atoms with van der Waals surface area (Å²) in [4.78, 5) is 22.9. The summed E-state index contributed by atoms with van der Waals surface area (Å²) in [5, 5.41) is 7.49. The van der Waals surface area contributed by atoms with Gasteiger partial charge in [-0.3, -0.25) is 9.48 Å². The van der Waals surface area contributed by atoms with Gasteiger partial charge >= 0.3 is 0 Å². The molecule has 8 nitrogen and oxygen atoms in total. The fraction of sp³-hybridized carbons (Fsp3) is 0.529. The molecule has 1 atom stereocenters. The molecular weight excluding hydrogens is 320 g/mol. The lowest BCUT2D eigenvalue weighted by molar-refractivity contribution is -0.121. The number of nitrogens with zero attached hydrogens (tertiary/aromatic N) is 5. The van der Waals surface area contributed by atoms with Gasteiger partial charge in [-0.15, -0.1) is 0 Å².